The average Bonchev–Trinajstić information content (AvgIpc) is 2.09. The lowest BCUT2D eigenvalue weighted by atomic mass is 10.3. The van der Waals surface area contributed by atoms with Gasteiger partial charge in [0.25, 0.3) is 0 Å². The molecule has 0 radical (unpaired) electrons. The first-order valence-electron chi connectivity index (χ1n) is 3.38. The predicted molar refractivity (Wildman–Crippen MR) is 48.3 cm³/mol. The maximum absolute atomic E-state index is 12.3. The third-order valence-corrected chi connectivity index (χ3v) is 1.21. The largest absolute Gasteiger partial charge is 0.426 e. The van der Waals surface area contributed by atoms with Crippen LogP contribution < -0.4 is 10.5 Å². The molecule has 0 aliphatic carbocycles. The van der Waals surface area contributed by atoms with Crippen LogP contribution in [0, 0.1) is 5.82 Å². The van der Waals surface area contributed by atoms with Gasteiger partial charge in [0, 0.05) is 0 Å². The summed E-state index contributed by atoms with van der Waals surface area (Å²) >= 11 is 0. The summed E-state index contributed by atoms with van der Waals surface area (Å²) in [6.45, 7) is -0.183. The number of esters is 1. The smallest absolute Gasteiger partial charge is 0.325 e. The van der Waals surface area contributed by atoms with Crippen molar-refractivity contribution in [1.29, 1.82) is 0 Å². The van der Waals surface area contributed by atoms with Crippen LogP contribution in [0.5, 0.6) is 5.75 Å². The highest BCUT2D eigenvalue weighted by Gasteiger charge is 2.00. The molecular weight excluding hydrogens is 197 g/mol. The summed E-state index contributed by atoms with van der Waals surface area (Å²) in [5, 5.41) is 0. The van der Waals surface area contributed by atoms with Gasteiger partial charge in [-0.05, 0) is 24.3 Å². The first-order chi connectivity index (χ1) is 5.72. The molecule has 0 amide bonds. The van der Waals surface area contributed by atoms with Crippen molar-refractivity contribution in [3.8, 4) is 5.75 Å². The topological polar surface area (TPSA) is 52.3 Å². The Hall–Kier alpha value is -1.13. The SMILES string of the molecule is Cl.NCC(=O)Oc1ccc(F)cc1. The minimum Gasteiger partial charge on any atom is -0.426 e. The highest BCUT2D eigenvalue weighted by molar-refractivity contribution is 5.85. The van der Waals surface area contributed by atoms with E-state index in [4.69, 9.17) is 5.73 Å². The van der Waals surface area contributed by atoms with Crippen LogP contribution >= 0.6 is 12.4 Å². The Morgan fingerprint density at radius 2 is 1.92 bits per heavy atom. The van der Waals surface area contributed by atoms with Gasteiger partial charge in [0.15, 0.2) is 0 Å². The zero-order valence-electron chi connectivity index (χ0n) is 6.70. The summed E-state index contributed by atoms with van der Waals surface area (Å²) in [4.78, 5) is 10.6. The lowest BCUT2D eigenvalue weighted by Gasteiger charge is -2.00. The van der Waals surface area contributed by atoms with Crippen molar-refractivity contribution in [1.82, 2.24) is 0 Å². The standard InChI is InChI=1S/C8H8FNO2.ClH/c9-6-1-3-7(4-2-6)12-8(11)5-10;/h1-4H,5,10H2;1H. The maximum atomic E-state index is 12.3. The fourth-order valence-electron chi connectivity index (χ4n) is 0.676. The van der Waals surface area contributed by atoms with E-state index in [2.05, 4.69) is 4.74 Å². The van der Waals surface area contributed by atoms with Crippen LogP contribution in [0.25, 0.3) is 0 Å². The first-order valence-corrected chi connectivity index (χ1v) is 3.38. The molecule has 0 aliphatic rings. The summed E-state index contributed by atoms with van der Waals surface area (Å²) in [5.41, 5.74) is 5.00. The lowest BCUT2D eigenvalue weighted by Crippen LogP contribution is -2.19. The van der Waals surface area contributed by atoms with Gasteiger partial charge in [-0.2, -0.15) is 0 Å². The van der Waals surface area contributed by atoms with Gasteiger partial charge in [0.2, 0.25) is 0 Å². The molecule has 0 fully saturated rings. The summed E-state index contributed by atoms with van der Waals surface area (Å²) in [6, 6.07) is 5.14. The van der Waals surface area contributed by atoms with Crippen LogP contribution in [0.3, 0.4) is 0 Å². The van der Waals surface area contributed by atoms with E-state index < -0.39 is 5.97 Å². The van der Waals surface area contributed by atoms with Crippen molar-refractivity contribution < 1.29 is 13.9 Å². The van der Waals surface area contributed by atoms with Crippen molar-refractivity contribution in [3.05, 3.63) is 30.1 Å². The Morgan fingerprint density at radius 3 is 2.38 bits per heavy atom. The molecule has 3 nitrogen and oxygen atoms in total. The minimum atomic E-state index is -0.540. The molecule has 0 bridgehead atoms. The van der Waals surface area contributed by atoms with Gasteiger partial charge in [-0.15, -0.1) is 12.4 Å². The van der Waals surface area contributed by atoms with Crippen LogP contribution in [0.15, 0.2) is 24.3 Å². The van der Waals surface area contributed by atoms with Gasteiger partial charge in [-0.3, -0.25) is 4.79 Å². The van der Waals surface area contributed by atoms with E-state index in [1.165, 1.54) is 24.3 Å². The zero-order valence-corrected chi connectivity index (χ0v) is 7.51. The maximum Gasteiger partial charge on any atom is 0.325 e. The Morgan fingerprint density at radius 1 is 1.38 bits per heavy atom. The second-order valence-corrected chi connectivity index (χ2v) is 2.13. The predicted octanol–water partition coefficient (Wildman–Crippen LogP) is 1.11. The van der Waals surface area contributed by atoms with Crippen molar-refractivity contribution in [3.63, 3.8) is 0 Å². The number of hydrogen-bond acceptors (Lipinski definition) is 3. The molecule has 0 saturated carbocycles. The molecule has 1 rings (SSSR count). The van der Waals surface area contributed by atoms with Crippen LogP contribution in [0.4, 0.5) is 4.39 Å². The molecular formula is C8H9ClFNO2. The number of halogens is 2. The van der Waals surface area contributed by atoms with Crippen molar-refractivity contribution >= 4 is 18.4 Å². The van der Waals surface area contributed by atoms with E-state index in [1.807, 2.05) is 0 Å². The number of nitrogens with two attached hydrogens (primary N) is 1. The highest BCUT2D eigenvalue weighted by Crippen LogP contribution is 2.10. The van der Waals surface area contributed by atoms with E-state index in [-0.39, 0.29) is 24.8 Å². The highest BCUT2D eigenvalue weighted by atomic mass is 35.5. The molecule has 0 saturated heterocycles. The molecule has 0 unspecified atom stereocenters. The molecule has 13 heavy (non-hydrogen) atoms. The Balaban J connectivity index is 0.00000144. The molecule has 5 heteroatoms. The Bertz CT molecular complexity index is 276. The second kappa shape index (κ2) is 5.50. The van der Waals surface area contributed by atoms with Crippen LogP contribution in [0.1, 0.15) is 0 Å². The molecule has 1 aromatic carbocycles. The van der Waals surface area contributed by atoms with Gasteiger partial charge in [0.1, 0.15) is 11.6 Å². The summed E-state index contributed by atoms with van der Waals surface area (Å²) in [6.07, 6.45) is 0. The van der Waals surface area contributed by atoms with Crippen LogP contribution in [-0.4, -0.2) is 12.5 Å². The van der Waals surface area contributed by atoms with Gasteiger partial charge in [-0.25, -0.2) is 4.39 Å². The molecule has 0 heterocycles. The van der Waals surface area contributed by atoms with Gasteiger partial charge in [-0.1, -0.05) is 0 Å². The number of hydrogen-bond donors (Lipinski definition) is 1. The Labute approximate surface area is 81.1 Å². The second-order valence-electron chi connectivity index (χ2n) is 2.13. The lowest BCUT2D eigenvalue weighted by molar-refractivity contribution is -0.132. The van der Waals surface area contributed by atoms with Crippen molar-refractivity contribution in [2.24, 2.45) is 5.73 Å². The molecule has 0 atom stereocenters. The minimum absolute atomic E-state index is 0. The first kappa shape index (κ1) is 11.9. The molecule has 72 valence electrons. The molecule has 1 aromatic rings. The number of carbonyl (C=O) groups excluding carboxylic acids is 1. The quantitative estimate of drug-likeness (QED) is 0.581. The molecule has 0 aromatic heterocycles. The number of rotatable bonds is 2. The van der Waals surface area contributed by atoms with E-state index >= 15 is 0 Å². The summed E-state index contributed by atoms with van der Waals surface area (Å²) < 4.78 is 17.0. The van der Waals surface area contributed by atoms with E-state index in [0.29, 0.717) is 5.75 Å². The Kier molecular flexibility index (Phi) is 5.03. The van der Waals surface area contributed by atoms with Crippen molar-refractivity contribution in [2.75, 3.05) is 6.54 Å². The molecule has 0 aliphatic heterocycles. The zero-order chi connectivity index (χ0) is 8.97. The fourth-order valence-corrected chi connectivity index (χ4v) is 0.676. The monoisotopic (exact) mass is 205 g/mol. The van der Waals surface area contributed by atoms with Crippen LogP contribution in [0.2, 0.25) is 0 Å². The fraction of sp³-hybridized carbons (Fsp3) is 0.125. The normalized spacial score (nSPS) is 8.77. The summed E-state index contributed by atoms with van der Waals surface area (Å²) in [5.74, 6) is -0.615. The van der Waals surface area contributed by atoms with E-state index in [1.54, 1.807) is 0 Å². The third kappa shape index (κ3) is 3.87. The van der Waals surface area contributed by atoms with Crippen molar-refractivity contribution in [2.45, 2.75) is 0 Å². The number of benzene rings is 1. The van der Waals surface area contributed by atoms with Crippen LogP contribution in [-0.2, 0) is 4.79 Å². The summed E-state index contributed by atoms with van der Waals surface area (Å²) in [7, 11) is 0. The third-order valence-electron chi connectivity index (χ3n) is 1.21. The van der Waals surface area contributed by atoms with E-state index in [9.17, 15) is 9.18 Å². The molecule has 2 N–H and O–H groups in total. The van der Waals surface area contributed by atoms with Gasteiger partial charge < -0.3 is 10.5 Å². The van der Waals surface area contributed by atoms with E-state index in [0.717, 1.165) is 0 Å². The molecule has 0 spiro atoms. The number of carbonyl (C=O) groups is 1. The van der Waals surface area contributed by atoms with Gasteiger partial charge in [0.05, 0.1) is 6.54 Å². The van der Waals surface area contributed by atoms with Gasteiger partial charge >= 0.3 is 5.97 Å². The number of ether oxygens (including phenoxy) is 1. The average molecular weight is 206 g/mol.